The summed E-state index contributed by atoms with van der Waals surface area (Å²) in [4.78, 5) is 12.6. The molecule has 1 amide bonds. The van der Waals surface area contributed by atoms with Gasteiger partial charge in [-0.3, -0.25) is 4.79 Å². The number of thioether (sulfide) groups is 1. The van der Waals surface area contributed by atoms with Crippen LogP contribution in [0.2, 0.25) is 0 Å². The van der Waals surface area contributed by atoms with Gasteiger partial charge in [0.05, 0.1) is 11.4 Å². The van der Waals surface area contributed by atoms with Crippen molar-refractivity contribution in [1.29, 1.82) is 0 Å². The average Bonchev–Trinajstić information content (AvgIpc) is 2.45. The van der Waals surface area contributed by atoms with E-state index in [1.165, 1.54) is 30.6 Å². The Labute approximate surface area is 124 Å². The Kier molecular flexibility index (Phi) is 4.20. The molecule has 0 radical (unpaired) electrons. The van der Waals surface area contributed by atoms with E-state index in [-0.39, 0.29) is 5.91 Å². The van der Waals surface area contributed by atoms with Gasteiger partial charge in [-0.2, -0.15) is 0 Å². The van der Waals surface area contributed by atoms with Gasteiger partial charge in [0.2, 0.25) is 5.91 Å². The molecule has 3 nitrogen and oxygen atoms in total. The minimum absolute atomic E-state index is 0.0979. The lowest BCUT2D eigenvalue weighted by Gasteiger charge is -2.27. The molecule has 1 heterocycles. The fraction of sp³-hybridized carbons (Fsp3) is 0.562. The van der Waals surface area contributed by atoms with Crippen molar-refractivity contribution in [2.24, 2.45) is 11.8 Å². The maximum Gasteiger partial charge on any atom is 0.234 e. The van der Waals surface area contributed by atoms with Gasteiger partial charge in [-0.25, -0.2) is 0 Å². The molecule has 1 aliphatic heterocycles. The summed E-state index contributed by atoms with van der Waals surface area (Å²) >= 11 is 1.61. The minimum Gasteiger partial charge on any atom is -0.385 e. The molecule has 2 unspecified atom stereocenters. The van der Waals surface area contributed by atoms with Crippen molar-refractivity contribution in [2.45, 2.75) is 37.5 Å². The van der Waals surface area contributed by atoms with E-state index in [2.05, 4.69) is 35.8 Å². The Morgan fingerprint density at radius 1 is 1.40 bits per heavy atom. The molecule has 2 atom stereocenters. The van der Waals surface area contributed by atoms with Gasteiger partial charge in [0.1, 0.15) is 0 Å². The molecule has 108 valence electrons. The molecule has 0 bridgehead atoms. The fourth-order valence-electron chi connectivity index (χ4n) is 3.20. The molecule has 0 spiro atoms. The molecule has 1 aromatic carbocycles. The first-order chi connectivity index (χ1) is 9.70. The molecular weight excluding hydrogens is 268 g/mol. The maximum absolute atomic E-state index is 11.4. The van der Waals surface area contributed by atoms with Gasteiger partial charge in [-0.05, 0) is 42.9 Å². The van der Waals surface area contributed by atoms with Crippen molar-refractivity contribution in [1.82, 2.24) is 0 Å². The quantitative estimate of drug-likeness (QED) is 0.885. The molecule has 0 aromatic heterocycles. The van der Waals surface area contributed by atoms with Crippen LogP contribution in [0.5, 0.6) is 0 Å². The summed E-state index contributed by atoms with van der Waals surface area (Å²) in [6, 6.07) is 6.28. The molecule has 2 aliphatic rings. The molecule has 0 saturated heterocycles. The summed E-state index contributed by atoms with van der Waals surface area (Å²) in [6.45, 7) is 3.40. The van der Waals surface area contributed by atoms with E-state index in [1.54, 1.807) is 11.8 Å². The Bertz CT molecular complexity index is 503. The number of benzene rings is 1. The number of hydrogen-bond acceptors (Lipinski definition) is 3. The molecule has 1 aliphatic carbocycles. The van der Waals surface area contributed by atoms with E-state index in [0.29, 0.717) is 5.75 Å². The van der Waals surface area contributed by atoms with Gasteiger partial charge in [-0.1, -0.05) is 19.8 Å². The van der Waals surface area contributed by atoms with Gasteiger partial charge in [-0.15, -0.1) is 11.8 Å². The lowest BCUT2D eigenvalue weighted by Crippen LogP contribution is -2.21. The van der Waals surface area contributed by atoms with Crippen molar-refractivity contribution >= 4 is 29.0 Å². The van der Waals surface area contributed by atoms with Crippen molar-refractivity contribution < 1.29 is 4.79 Å². The molecule has 1 fully saturated rings. The number of amides is 1. The Morgan fingerprint density at radius 2 is 2.30 bits per heavy atom. The first-order valence-corrected chi connectivity index (χ1v) is 8.50. The molecule has 20 heavy (non-hydrogen) atoms. The number of fused-ring (bicyclic) bond motifs is 1. The zero-order valence-electron chi connectivity index (χ0n) is 11.9. The Balaban J connectivity index is 1.60. The highest BCUT2D eigenvalue weighted by molar-refractivity contribution is 8.00. The maximum atomic E-state index is 11.4. The highest BCUT2D eigenvalue weighted by atomic mass is 32.2. The average molecular weight is 290 g/mol. The zero-order valence-corrected chi connectivity index (χ0v) is 12.8. The SMILES string of the molecule is CC1CCCC(CNc2ccc3c(c2)NC(=O)CS3)C1. The third kappa shape index (κ3) is 3.29. The number of hydrogen-bond donors (Lipinski definition) is 2. The predicted molar refractivity (Wildman–Crippen MR) is 85.4 cm³/mol. The van der Waals surface area contributed by atoms with Crippen LogP contribution in [0.1, 0.15) is 32.6 Å². The molecule has 2 N–H and O–H groups in total. The number of carbonyl (C=O) groups excluding carboxylic acids is 1. The molecule has 4 heteroatoms. The predicted octanol–water partition coefficient (Wildman–Crippen LogP) is 3.97. The monoisotopic (exact) mass is 290 g/mol. The second-order valence-electron chi connectivity index (χ2n) is 6.07. The van der Waals surface area contributed by atoms with E-state index in [4.69, 9.17) is 0 Å². The van der Waals surface area contributed by atoms with Gasteiger partial charge < -0.3 is 10.6 Å². The smallest absolute Gasteiger partial charge is 0.234 e. The Morgan fingerprint density at radius 3 is 3.15 bits per heavy atom. The number of anilines is 2. The van der Waals surface area contributed by atoms with Crippen molar-refractivity contribution in [2.75, 3.05) is 22.9 Å². The lowest BCUT2D eigenvalue weighted by molar-refractivity contribution is -0.113. The molecule has 3 rings (SSSR count). The summed E-state index contributed by atoms with van der Waals surface area (Å²) < 4.78 is 0. The van der Waals surface area contributed by atoms with E-state index < -0.39 is 0 Å². The van der Waals surface area contributed by atoms with E-state index in [1.807, 2.05) is 0 Å². The standard InChI is InChI=1S/C16H22N2OS/c1-11-3-2-4-12(7-11)9-17-13-5-6-15-14(8-13)18-16(19)10-20-15/h5-6,8,11-12,17H,2-4,7,9-10H2,1H3,(H,18,19). The molecule has 1 aromatic rings. The summed E-state index contributed by atoms with van der Waals surface area (Å²) in [5.74, 6) is 2.29. The van der Waals surface area contributed by atoms with Crippen LogP contribution in [0.25, 0.3) is 0 Å². The van der Waals surface area contributed by atoms with Crippen LogP contribution >= 0.6 is 11.8 Å². The third-order valence-corrected chi connectivity index (χ3v) is 5.33. The van der Waals surface area contributed by atoms with Gasteiger partial charge in [0.25, 0.3) is 0 Å². The van der Waals surface area contributed by atoms with Gasteiger partial charge in [0, 0.05) is 17.1 Å². The molecular formula is C16H22N2OS. The largest absolute Gasteiger partial charge is 0.385 e. The minimum atomic E-state index is 0.0979. The zero-order chi connectivity index (χ0) is 13.9. The van der Waals surface area contributed by atoms with Crippen molar-refractivity contribution in [3.63, 3.8) is 0 Å². The fourth-order valence-corrected chi connectivity index (χ4v) is 3.99. The van der Waals surface area contributed by atoms with E-state index in [0.717, 1.165) is 29.8 Å². The van der Waals surface area contributed by atoms with Crippen LogP contribution in [0.15, 0.2) is 23.1 Å². The second kappa shape index (κ2) is 6.08. The summed E-state index contributed by atoms with van der Waals surface area (Å²) in [5, 5.41) is 6.48. The van der Waals surface area contributed by atoms with Crippen LogP contribution < -0.4 is 10.6 Å². The van der Waals surface area contributed by atoms with E-state index in [9.17, 15) is 4.79 Å². The summed E-state index contributed by atoms with van der Waals surface area (Å²) in [7, 11) is 0. The second-order valence-corrected chi connectivity index (χ2v) is 7.08. The summed E-state index contributed by atoms with van der Waals surface area (Å²) in [5.41, 5.74) is 2.07. The van der Waals surface area contributed by atoms with Crippen LogP contribution in [0, 0.1) is 11.8 Å². The first-order valence-electron chi connectivity index (χ1n) is 7.51. The highest BCUT2D eigenvalue weighted by Gasteiger charge is 2.19. The normalized spacial score (nSPS) is 25.8. The van der Waals surface area contributed by atoms with Crippen LogP contribution in [-0.2, 0) is 4.79 Å². The lowest BCUT2D eigenvalue weighted by atomic mass is 9.82. The first kappa shape index (κ1) is 13.8. The number of carbonyl (C=O) groups is 1. The van der Waals surface area contributed by atoms with Gasteiger partial charge in [0.15, 0.2) is 0 Å². The van der Waals surface area contributed by atoms with Crippen LogP contribution in [0.3, 0.4) is 0 Å². The topological polar surface area (TPSA) is 41.1 Å². The number of rotatable bonds is 3. The van der Waals surface area contributed by atoms with Crippen molar-refractivity contribution in [3.05, 3.63) is 18.2 Å². The van der Waals surface area contributed by atoms with Gasteiger partial charge >= 0.3 is 0 Å². The number of nitrogens with one attached hydrogen (secondary N) is 2. The highest BCUT2D eigenvalue weighted by Crippen LogP contribution is 2.34. The van der Waals surface area contributed by atoms with E-state index >= 15 is 0 Å². The molecule has 1 saturated carbocycles. The third-order valence-electron chi connectivity index (χ3n) is 4.25. The Hall–Kier alpha value is -1.16. The van der Waals surface area contributed by atoms with Crippen molar-refractivity contribution in [3.8, 4) is 0 Å². The van der Waals surface area contributed by atoms with Crippen LogP contribution in [0.4, 0.5) is 11.4 Å². The van der Waals surface area contributed by atoms with Crippen LogP contribution in [-0.4, -0.2) is 18.2 Å². The summed E-state index contributed by atoms with van der Waals surface area (Å²) in [6.07, 6.45) is 5.43.